The highest BCUT2D eigenvalue weighted by molar-refractivity contribution is 5.80. The summed E-state index contributed by atoms with van der Waals surface area (Å²) in [5, 5.41) is 0. The zero-order chi connectivity index (χ0) is 18.0. The van der Waals surface area contributed by atoms with Crippen LogP contribution in [0.1, 0.15) is 37.4 Å². The fourth-order valence-corrected chi connectivity index (χ4v) is 4.02. The fraction of sp³-hybridized carbons (Fsp3) is 0.722. The highest BCUT2D eigenvalue weighted by atomic mass is 16.2. The monoisotopic (exact) mass is 347 g/mol. The van der Waals surface area contributed by atoms with Gasteiger partial charge in [0.15, 0.2) is 0 Å². The first-order valence-electron chi connectivity index (χ1n) is 9.19. The first-order chi connectivity index (χ1) is 12.0. The summed E-state index contributed by atoms with van der Waals surface area (Å²) >= 11 is 0. The first-order valence-corrected chi connectivity index (χ1v) is 9.19. The third-order valence-electron chi connectivity index (χ3n) is 5.45. The van der Waals surface area contributed by atoms with Gasteiger partial charge in [-0.3, -0.25) is 4.79 Å². The van der Waals surface area contributed by atoms with Gasteiger partial charge in [0.2, 0.25) is 5.91 Å². The van der Waals surface area contributed by atoms with Crippen LogP contribution in [0.3, 0.4) is 0 Å². The highest BCUT2D eigenvalue weighted by Crippen LogP contribution is 2.28. The summed E-state index contributed by atoms with van der Waals surface area (Å²) in [6.45, 7) is 2.95. The quantitative estimate of drug-likeness (QED) is 0.815. The van der Waals surface area contributed by atoms with Crippen LogP contribution in [0.5, 0.6) is 0 Å². The molecule has 2 aliphatic rings. The van der Waals surface area contributed by atoms with Crippen LogP contribution in [0.15, 0.2) is 12.4 Å². The molecule has 7 heteroatoms. The Morgan fingerprint density at radius 1 is 1.12 bits per heavy atom. The van der Waals surface area contributed by atoms with Crippen LogP contribution in [0, 0.1) is 5.92 Å². The van der Waals surface area contributed by atoms with Crippen molar-refractivity contribution in [3.63, 3.8) is 0 Å². The molecule has 7 nitrogen and oxygen atoms in total. The van der Waals surface area contributed by atoms with Gasteiger partial charge in [0, 0.05) is 71.6 Å². The maximum absolute atomic E-state index is 12.9. The van der Waals surface area contributed by atoms with Crippen LogP contribution in [-0.4, -0.2) is 76.5 Å². The molecule has 3 rings (SSSR count). The molecule has 1 aromatic rings. The molecule has 3 amide bonds. The van der Waals surface area contributed by atoms with Crippen LogP contribution in [0.2, 0.25) is 0 Å². The normalized spacial score (nSPS) is 22.1. The standard InChI is InChI=1S/C18H29N5O2/c1-20(2)18(25)22-10-6-14(7-11-22)17(24)23-9-4-5-15(13-23)16-19-8-12-21(16)3/h8,12,14-15H,4-7,9-11,13H2,1-3H3/t15-/m0/s1. The van der Waals surface area contributed by atoms with Crippen molar-refractivity contribution >= 4 is 11.9 Å². The average Bonchev–Trinajstić information content (AvgIpc) is 3.06. The molecule has 0 saturated carbocycles. The van der Waals surface area contributed by atoms with Crippen LogP contribution in [0.4, 0.5) is 4.79 Å². The molecule has 3 heterocycles. The SMILES string of the molecule is CN(C)C(=O)N1CCC(C(=O)N2CCC[C@H](c3nccn3C)C2)CC1. The number of aryl methyl sites for hydroxylation is 1. The van der Waals surface area contributed by atoms with E-state index in [1.807, 2.05) is 29.2 Å². The maximum Gasteiger partial charge on any atom is 0.319 e. The number of rotatable bonds is 2. The second-order valence-corrected chi connectivity index (χ2v) is 7.46. The summed E-state index contributed by atoms with van der Waals surface area (Å²) in [6, 6.07) is 0.0405. The predicted molar refractivity (Wildman–Crippen MR) is 95.1 cm³/mol. The Hall–Kier alpha value is -2.05. The largest absolute Gasteiger partial charge is 0.342 e. The molecule has 0 radical (unpaired) electrons. The molecule has 0 spiro atoms. The maximum atomic E-state index is 12.9. The lowest BCUT2D eigenvalue weighted by Gasteiger charge is -2.38. The van der Waals surface area contributed by atoms with E-state index >= 15 is 0 Å². The van der Waals surface area contributed by atoms with Gasteiger partial charge in [0.25, 0.3) is 0 Å². The molecule has 0 N–H and O–H groups in total. The minimum atomic E-state index is 0.0405. The number of carbonyl (C=O) groups excluding carboxylic acids is 2. The molecule has 1 atom stereocenters. The van der Waals surface area contributed by atoms with Crippen LogP contribution < -0.4 is 0 Å². The van der Waals surface area contributed by atoms with E-state index in [0.717, 1.165) is 44.6 Å². The summed E-state index contributed by atoms with van der Waals surface area (Å²) in [5.41, 5.74) is 0. The van der Waals surface area contributed by atoms with Gasteiger partial charge >= 0.3 is 6.03 Å². The zero-order valence-corrected chi connectivity index (χ0v) is 15.5. The number of imidazole rings is 1. The van der Waals surface area contributed by atoms with E-state index in [1.165, 1.54) is 0 Å². The predicted octanol–water partition coefficient (Wildman–Crippen LogP) is 1.52. The lowest BCUT2D eigenvalue weighted by Crippen LogP contribution is -2.48. The highest BCUT2D eigenvalue weighted by Gasteiger charge is 2.33. The molecule has 25 heavy (non-hydrogen) atoms. The lowest BCUT2D eigenvalue weighted by atomic mass is 9.92. The van der Waals surface area contributed by atoms with Crippen molar-refractivity contribution in [1.29, 1.82) is 0 Å². The van der Waals surface area contributed by atoms with Crippen LogP contribution in [-0.2, 0) is 11.8 Å². The van der Waals surface area contributed by atoms with Gasteiger partial charge in [-0.25, -0.2) is 9.78 Å². The van der Waals surface area contributed by atoms with Gasteiger partial charge in [-0.05, 0) is 25.7 Å². The number of urea groups is 1. The molecular weight excluding hydrogens is 318 g/mol. The zero-order valence-electron chi connectivity index (χ0n) is 15.5. The van der Waals surface area contributed by atoms with E-state index in [1.54, 1.807) is 19.0 Å². The Kier molecular flexibility index (Phi) is 5.30. The average molecular weight is 347 g/mol. The van der Waals surface area contributed by atoms with E-state index in [-0.39, 0.29) is 17.9 Å². The third kappa shape index (κ3) is 3.80. The van der Waals surface area contributed by atoms with Crippen LogP contribution >= 0.6 is 0 Å². The molecule has 2 fully saturated rings. The number of nitrogens with zero attached hydrogens (tertiary/aromatic N) is 5. The molecule has 138 valence electrons. The van der Waals surface area contributed by atoms with Crippen molar-refractivity contribution in [3.05, 3.63) is 18.2 Å². The van der Waals surface area contributed by atoms with E-state index < -0.39 is 0 Å². The third-order valence-corrected chi connectivity index (χ3v) is 5.45. The summed E-state index contributed by atoms with van der Waals surface area (Å²) in [6.07, 6.45) is 7.44. The number of aromatic nitrogens is 2. The molecule has 2 saturated heterocycles. The van der Waals surface area contributed by atoms with Gasteiger partial charge < -0.3 is 19.3 Å². The van der Waals surface area contributed by atoms with Crippen molar-refractivity contribution in [1.82, 2.24) is 24.3 Å². The smallest absolute Gasteiger partial charge is 0.319 e. The lowest BCUT2D eigenvalue weighted by molar-refractivity contribution is -0.138. The van der Waals surface area contributed by atoms with Crippen molar-refractivity contribution in [3.8, 4) is 0 Å². The van der Waals surface area contributed by atoms with Crippen molar-refractivity contribution in [2.24, 2.45) is 13.0 Å². The Labute approximate surface area is 149 Å². The van der Waals surface area contributed by atoms with Crippen molar-refractivity contribution in [2.45, 2.75) is 31.6 Å². The van der Waals surface area contributed by atoms with E-state index in [2.05, 4.69) is 9.55 Å². The Balaban J connectivity index is 1.56. The molecule has 0 bridgehead atoms. The molecule has 0 unspecified atom stereocenters. The number of hydrogen-bond donors (Lipinski definition) is 0. The summed E-state index contributed by atoms with van der Waals surface area (Å²) in [7, 11) is 5.55. The van der Waals surface area contributed by atoms with Gasteiger partial charge in [-0.1, -0.05) is 0 Å². The number of piperidine rings is 2. The number of hydrogen-bond acceptors (Lipinski definition) is 3. The van der Waals surface area contributed by atoms with E-state index in [0.29, 0.717) is 19.0 Å². The van der Waals surface area contributed by atoms with E-state index in [4.69, 9.17) is 0 Å². The Morgan fingerprint density at radius 2 is 1.84 bits per heavy atom. The first kappa shape index (κ1) is 17.8. The Bertz CT molecular complexity index is 619. The summed E-state index contributed by atoms with van der Waals surface area (Å²) < 4.78 is 2.06. The second-order valence-electron chi connectivity index (χ2n) is 7.46. The summed E-state index contributed by atoms with van der Waals surface area (Å²) in [4.78, 5) is 34.9. The van der Waals surface area contributed by atoms with Crippen molar-refractivity contribution in [2.75, 3.05) is 40.3 Å². The van der Waals surface area contributed by atoms with Gasteiger partial charge in [-0.2, -0.15) is 0 Å². The molecule has 1 aromatic heterocycles. The molecule has 0 aromatic carbocycles. The van der Waals surface area contributed by atoms with Gasteiger partial charge in [-0.15, -0.1) is 0 Å². The topological polar surface area (TPSA) is 61.7 Å². The van der Waals surface area contributed by atoms with Crippen LogP contribution in [0.25, 0.3) is 0 Å². The van der Waals surface area contributed by atoms with E-state index in [9.17, 15) is 9.59 Å². The Morgan fingerprint density at radius 3 is 2.44 bits per heavy atom. The fourth-order valence-electron chi connectivity index (χ4n) is 4.02. The minimum absolute atomic E-state index is 0.0405. The summed E-state index contributed by atoms with van der Waals surface area (Å²) in [5.74, 6) is 1.71. The van der Waals surface area contributed by atoms with Gasteiger partial charge in [0.1, 0.15) is 5.82 Å². The molecule has 0 aliphatic carbocycles. The second kappa shape index (κ2) is 7.45. The minimum Gasteiger partial charge on any atom is -0.342 e. The number of amides is 3. The van der Waals surface area contributed by atoms with Crippen molar-refractivity contribution < 1.29 is 9.59 Å². The number of carbonyl (C=O) groups is 2. The molecular formula is C18H29N5O2. The molecule has 2 aliphatic heterocycles. The number of likely N-dealkylation sites (tertiary alicyclic amines) is 2. The van der Waals surface area contributed by atoms with Gasteiger partial charge in [0.05, 0.1) is 0 Å².